The van der Waals surface area contributed by atoms with Gasteiger partial charge in [-0.05, 0) is 44.0 Å². The first kappa shape index (κ1) is 20.3. The SMILES string of the molecule is CCS(=O)(=O)c1ccc(O)c(NC(=O)c2cc(C)nc3c2nc2n3CCCCC2)c1. The van der Waals surface area contributed by atoms with Crippen molar-refractivity contribution in [3.05, 3.63) is 41.3 Å². The fourth-order valence-electron chi connectivity index (χ4n) is 3.75. The van der Waals surface area contributed by atoms with E-state index in [2.05, 4.69) is 14.9 Å². The molecule has 1 aromatic carbocycles. The summed E-state index contributed by atoms with van der Waals surface area (Å²) < 4.78 is 26.4. The standard InChI is InChI=1S/C21H24N4O4S/c1-3-30(28,29)14-8-9-17(26)16(12-14)23-21(27)15-11-13(2)22-20-19(15)24-18-7-5-4-6-10-25(18)20/h8-9,11-12,26H,3-7,10H2,1-2H3,(H,23,27). The van der Waals surface area contributed by atoms with Gasteiger partial charge >= 0.3 is 0 Å². The van der Waals surface area contributed by atoms with Crippen LogP contribution >= 0.6 is 0 Å². The molecule has 0 aliphatic carbocycles. The zero-order valence-electron chi connectivity index (χ0n) is 17.0. The quantitative estimate of drug-likeness (QED) is 0.617. The monoisotopic (exact) mass is 428 g/mol. The number of fused-ring (bicyclic) bond motifs is 3. The Balaban J connectivity index is 1.75. The molecule has 0 fully saturated rings. The normalized spacial score (nSPS) is 14.3. The molecule has 9 heteroatoms. The van der Waals surface area contributed by atoms with Gasteiger partial charge < -0.3 is 15.0 Å². The van der Waals surface area contributed by atoms with Gasteiger partial charge in [0.15, 0.2) is 15.5 Å². The first-order valence-electron chi connectivity index (χ1n) is 10.0. The minimum Gasteiger partial charge on any atom is -0.506 e. The van der Waals surface area contributed by atoms with Crippen LogP contribution in [-0.4, -0.2) is 39.7 Å². The zero-order valence-corrected chi connectivity index (χ0v) is 17.8. The van der Waals surface area contributed by atoms with Crippen LogP contribution in [0.2, 0.25) is 0 Å². The number of hydrogen-bond donors (Lipinski definition) is 2. The number of rotatable bonds is 4. The number of carbonyl (C=O) groups is 1. The number of aromatic nitrogens is 3. The number of carbonyl (C=O) groups excluding carboxylic acids is 1. The number of amides is 1. The van der Waals surface area contributed by atoms with Crippen molar-refractivity contribution in [2.75, 3.05) is 11.1 Å². The predicted molar refractivity (Wildman–Crippen MR) is 114 cm³/mol. The molecular weight excluding hydrogens is 404 g/mol. The number of phenolic OH excluding ortho intramolecular Hbond substituents is 1. The summed E-state index contributed by atoms with van der Waals surface area (Å²) in [5.74, 6) is 0.171. The first-order chi connectivity index (χ1) is 14.3. The molecule has 0 unspecified atom stereocenters. The lowest BCUT2D eigenvalue weighted by atomic mass is 10.1. The Bertz CT molecular complexity index is 1250. The molecule has 0 atom stereocenters. The van der Waals surface area contributed by atoms with E-state index < -0.39 is 15.7 Å². The maximum absolute atomic E-state index is 13.1. The summed E-state index contributed by atoms with van der Waals surface area (Å²) >= 11 is 0. The molecule has 4 rings (SSSR count). The second-order valence-corrected chi connectivity index (χ2v) is 9.79. The Morgan fingerprint density at radius 1 is 1.20 bits per heavy atom. The average Bonchev–Trinajstić information content (AvgIpc) is 2.89. The van der Waals surface area contributed by atoms with E-state index in [4.69, 9.17) is 4.98 Å². The van der Waals surface area contributed by atoms with Crippen LogP contribution in [0, 0.1) is 6.92 Å². The molecule has 3 heterocycles. The largest absolute Gasteiger partial charge is 0.506 e. The summed E-state index contributed by atoms with van der Waals surface area (Å²) in [5.41, 5.74) is 2.28. The van der Waals surface area contributed by atoms with Crippen LogP contribution in [0.3, 0.4) is 0 Å². The van der Waals surface area contributed by atoms with Gasteiger partial charge in [0.2, 0.25) is 0 Å². The summed E-state index contributed by atoms with van der Waals surface area (Å²) in [6, 6.07) is 5.53. The Morgan fingerprint density at radius 2 is 2.00 bits per heavy atom. The lowest BCUT2D eigenvalue weighted by Gasteiger charge is -2.11. The van der Waals surface area contributed by atoms with Gasteiger partial charge in [-0.15, -0.1) is 0 Å². The third-order valence-corrected chi connectivity index (χ3v) is 7.12. The summed E-state index contributed by atoms with van der Waals surface area (Å²) in [6.07, 6.45) is 4.08. The molecule has 8 nitrogen and oxygen atoms in total. The molecule has 0 radical (unpaired) electrons. The van der Waals surface area contributed by atoms with E-state index in [9.17, 15) is 18.3 Å². The second kappa shape index (κ2) is 7.71. The summed E-state index contributed by atoms with van der Waals surface area (Å²) in [7, 11) is -3.47. The molecule has 2 N–H and O–H groups in total. The van der Waals surface area contributed by atoms with Crippen LogP contribution in [0.15, 0.2) is 29.2 Å². The number of aromatic hydroxyl groups is 1. The molecule has 0 spiro atoms. The van der Waals surface area contributed by atoms with Crippen molar-refractivity contribution >= 4 is 32.6 Å². The smallest absolute Gasteiger partial charge is 0.258 e. The molecule has 30 heavy (non-hydrogen) atoms. The van der Waals surface area contributed by atoms with Crippen molar-refractivity contribution in [1.29, 1.82) is 0 Å². The van der Waals surface area contributed by atoms with E-state index in [0.29, 0.717) is 22.4 Å². The van der Waals surface area contributed by atoms with Gasteiger partial charge in [0, 0.05) is 18.7 Å². The number of imidazole rings is 1. The number of hydrogen-bond acceptors (Lipinski definition) is 6. The molecule has 3 aromatic rings. The van der Waals surface area contributed by atoms with E-state index >= 15 is 0 Å². The molecule has 0 saturated carbocycles. The minimum atomic E-state index is -3.47. The van der Waals surface area contributed by atoms with Gasteiger partial charge in [-0.3, -0.25) is 4.79 Å². The Kier molecular flexibility index (Phi) is 5.23. The van der Waals surface area contributed by atoms with E-state index in [-0.39, 0.29) is 22.1 Å². The van der Waals surface area contributed by atoms with Crippen LogP contribution in [0.1, 0.15) is 48.1 Å². The average molecular weight is 429 g/mol. The van der Waals surface area contributed by atoms with Crippen molar-refractivity contribution in [3.63, 3.8) is 0 Å². The second-order valence-electron chi connectivity index (χ2n) is 7.51. The van der Waals surface area contributed by atoms with Gasteiger partial charge in [0.1, 0.15) is 17.1 Å². The van der Waals surface area contributed by atoms with Crippen molar-refractivity contribution in [2.45, 2.75) is 51.0 Å². The van der Waals surface area contributed by atoms with Crippen molar-refractivity contribution < 1.29 is 18.3 Å². The fourth-order valence-corrected chi connectivity index (χ4v) is 4.66. The lowest BCUT2D eigenvalue weighted by Crippen LogP contribution is -2.14. The van der Waals surface area contributed by atoms with Crippen LogP contribution < -0.4 is 5.32 Å². The molecule has 0 bridgehead atoms. The fraction of sp³-hybridized carbons (Fsp3) is 0.381. The highest BCUT2D eigenvalue weighted by atomic mass is 32.2. The number of phenols is 1. The molecule has 1 aliphatic heterocycles. The van der Waals surface area contributed by atoms with Gasteiger partial charge in [0.25, 0.3) is 5.91 Å². The van der Waals surface area contributed by atoms with E-state index in [1.165, 1.54) is 18.2 Å². The zero-order chi connectivity index (χ0) is 21.5. The van der Waals surface area contributed by atoms with Gasteiger partial charge in [-0.25, -0.2) is 18.4 Å². The van der Waals surface area contributed by atoms with Crippen molar-refractivity contribution in [2.24, 2.45) is 0 Å². The summed E-state index contributed by atoms with van der Waals surface area (Å²) in [4.78, 5) is 22.4. The number of benzene rings is 1. The van der Waals surface area contributed by atoms with E-state index in [1.54, 1.807) is 13.0 Å². The highest BCUT2D eigenvalue weighted by Crippen LogP contribution is 2.29. The molecule has 0 saturated heterocycles. The van der Waals surface area contributed by atoms with Crippen molar-refractivity contribution in [3.8, 4) is 5.75 Å². The molecular formula is C21H24N4O4S. The molecule has 1 aliphatic rings. The number of anilines is 1. The Morgan fingerprint density at radius 3 is 2.77 bits per heavy atom. The van der Waals surface area contributed by atoms with Crippen LogP contribution in [0.25, 0.3) is 11.2 Å². The highest BCUT2D eigenvalue weighted by Gasteiger charge is 2.22. The van der Waals surface area contributed by atoms with Crippen molar-refractivity contribution in [1.82, 2.24) is 14.5 Å². The lowest BCUT2D eigenvalue weighted by molar-refractivity contribution is 0.102. The maximum atomic E-state index is 13.1. The first-order valence-corrected chi connectivity index (χ1v) is 11.7. The topological polar surface area (TPSA) is 114 Å². The van der Waals surface area contributed by atoms with Crippen LogP contribution in [-0.2, 0) is 22.8 Å². The van der Waals surface area contributed by atoms with Gasteiger partial charge in [-0.1, -0.05) is 13.3 Å². The third kappa shape index (κ3) is 3.65. The number of aryl methyl sites for hydroxylation is 3. The molecule has 1 amide bonds. The number of sulfone groups is 1. The Hall–Kier alpha value is -2.94. The van der Waals surface area contributed by atoms with E-state index in [0.717, 1.165) is 38.1 Å². The minimum absolute atomic E-state index is 0.0397. The number of pyridine rings is 1. The maximum Gasteiger partial charge on any atom is 0.258 e. The van der Waals surface area contributed by atoms with E-state index in [1.807, 2.05) is 6.92 Å². The summed E-state index contributed by atoms with van der Waals surface area (Å²) in [5, 5.41) is 12.8. The number of nitrogens with zero attached hydrogens (tertiary/aromatic N) is 3. The van der Waals surface area contributed by atoms with Crippen LogP contribution in [0.4, 0.5) is 5.69 Å². The third-order valence-electron chi connectivity index (χ3n) is 5.39. The summed E-state index contributed by atoms with van der Waals surface area (Å²) in [6.45, 7) is 4.18. The highest BCUT2D eigenvalue weighted by molar-refractivity contribution is 7.91. The predicted octanol–water partition coefficient (Wildman–Crippen LogP) is 3.22. The molecule has 158 valence electrons. The molecule has 2 aromatic heterocycles. The number of nitrogens with one attached hydrogen (secondary N) is 1. The van der Waals surface area contributed by atoms with Gasteiger partial charge in [-0.2, -0.15) is 0 Å². The van der Waals surface area contributed by atoms with Gasteiger partial charge in [0.05, 0.1) is 21.9 Å². The Labute approximate surface area is 174 Å². The van der Waals surface area contributed by atoms with Crippen LogP contribution in [0.5, 0.6) is 5.75 Å².